The topological polar surface area (TPSA) is 17.1 Å². The van der Waals surface area contributed by atoms with Crippen molar-refractivity contribution < 1.29 is 4.79 Å². The molecule has 1 nitrogen and oxygen atoms in total. The molecule has 1 heteroatoms. The molecule has 0 amide bonds. The Hall–Kier alpha value is -1.11. The van der Waals surface area contributed by atoms with Gasteiger partial charge in [0.05, 0.1) is 0 Å². The number of rotatable bonds is 4. The molecule has 0 rings (SSSR count). The summed E-state index contributed by atoms with van der Waals surface area (Å²) in [6.07, 6.45) is 4.86. The fraction of sp³-hybridized carbons (Fsp3) is 0.222. The minimum absolute atomic E-state index is 0.637. The van der Waals surface area contributed by atoms with Crippen LogP contribution in [0.5, 0.6) is 0 Å². The van der Waals surface area contributed by atoms with E-state index in [0.717, 1.165) is 18.3 Å². The highest BCUT2D eigenvalue weighted by molar-refractivity contribution is 5.79. The fourth-order valence-electron chi connectivity index (χ4n) is 0.721. The third kappa shape index (κ3) is 2.02. The summed E-state index contributed by atoms with van der Waals surface area (Å²) in [6.45, 7) is 9.07. The Morgan fingerprint density at radius 1 is 1.40 bits per heavy atom. The maximum Gasteiger partial charge on any atom is 0.150 e. The lowest BCUT2D eigenvalue weighted by Gasteiger charge is -1.97. The molecule has 0 aromatic carbocycles. The van der Waals surface area contributed by atoms with Gasteiger partial charge in [-0.25, -0.2) is 0 Å². The lowest BCUT2D eigenvalue weighted by atomic mass is 10.1. The first-order valence-electron chi connectivity index (χ1n) is 3.23. The van der Waals surface area contributed by atoms with E-state index in [4.69, 9.17) is 0 Å². The summed E-state index contributed by atoms with van der Waals surface area (Å²) in [5, 5.41) is 0. The molecule has 0 aliphatic carbocycles. The molecule has 0 atom stereocenters. The molecule has 0 aromatic heterocycles. The number of carbonyl (C=O) groups excluding carboxylic acids is 1. The Balaban J connectivity index is 4.67. The predicted molar refractivity (Wildman–Crippen MR) is 43.8 cm³/mol. The van der Waals surface area contributed by atoms with Crippen LogP contribution >= 0.6 is 0 Å². The van der Waals surface area contributed by atoms with Gasteiger partial charge < -0.3 is 0 Å². The fourth-order valence-corrected chi connectivity index (χ4v) is 0.721. The van der Waals surface area contributed by atoms with Crippen molar-refractivity contribution in [3.63, 3.8) is 0 Å². The van der Waals surface area contributed by atoms with Crippen molar-refractivity contribution in [2.45, 2.75) is 13.3 Å². The predicted octanol–water partition coefficient (Wildman–Crippen LogP) is 2.26. The number of carbonyl (C=O) groups is 1. The van der Waals surface area contributed by atoms with E-state index in [2.05, 4.69) is 13.2 Å². The van der Waals surface area contributed by atoms with Crippen LogP contribution in [-0.2, 0) is 4.79 Å². The second-order valence-corrected chi connectivity index (χ2v) is 1.86. The van der Waals surface area contributed by atoms with E-state index < -0.39 is 0 Å². The van der Waals surface area contributed by atoms with Crippen molar-refractivity contribution in [2.24, 2.45) is 0 Å². The molecule has 0 fully saturated rings. The standard InChI is InChI=1S/C9H12O/c1-4-8(5-2)9(6-3)7-10/h4,6-7H,1,3,5H2,2H3/b9-8-. The molecular formula is C9H12O. The van der Waals surface area contributed by atoms with Crippen molar-refractivity contribution in [1.82, 2.24) is 0 Å². The van der Waals surface area contributed by atoms with E-state index in [1.165, 1.54) is 0 Å². The summed E-state index contributed by atoms with van der Waals surface area (Å²) in [5.74, 6) is 0. The lowest BCUT2D eigenvalue weighted by Crippen LogP contribution is -1.85. The number of hydrogen-bond acceptors (Lipinski definition) is 1. The Kier molecular flexibility index (Phi) is 4.21. The molecule has 0 N–H and O–H groups in total. The van der Waals surface area contributed by atoms with Crippen LogP contribution in [0, 0.1) is 0 Å². The number of hydrogen-bond donors (Lipinski definition) is 0. The average molecular weight is 136 g/mol. The monoisotopic (exact) mass is 136 g/mol. The van der Waals surface area contributed by atoms with Crippen molar-refractivity contribution in [1.29, 1.82) is 0 Å². The molecular weight excluding hydrogens is 124 g/mol. The quantitative estimate of drug-likeness (QED) is 0.329. The minimum Gasteiger partial charge on any atom is -0.298 e. The van der Waals surface area contributed by atoms with Gasteiger partial charge in [-0.05, 0) is 12.0 Å². The summed E-state index contributed by atoms with van der Waals surface area (Å²) in [5.41, 5.74) is 1.59. The van der Waals surface area contributed by atoms with Gasteiger partial charge in [-0.1, -0.05) is 32.2 Å². The van der Waals surface area contributed by atoms with Crippen molar-refractivity contribution in [3.8, 4) is 0 Å². The molecule has 0 saturated carbocycles. The van der Waals surface area contributed by atoms with Gasteiger partial charge in [0.25, 0.3) is 0 Å². The molecule has 0 unspecified atom stereocenters. The van der Waals surface area contributed by atoms with Gasteiger partial charge in [0.1, 0.15) is 6.29 Å². The van der Waals surface area contributed by atoms with E-state index in [1.54, 1.807) is 12.2 Å². The molecule has 0 spiro atoms. The van der Waals surface area contributed by atoms with Gasteiger partial charge in [-0.2, -0.15) is 0 Å². The van der Waals surface area contributed by atoms with Gasteiger partial charge >= 0.3 is 0 Å². The van der Waals surface area contributed by atoms with Gasteiger partial charge in [0.15, 0.2) is 0 Å². The summed E-state index contributed by atoms with van der Waals surface area (Å²) in [7, 11) is 0. The molecule has 0 aliphatic heterocycles. The number of aldehydes is 1. The van der Waals surface area contributed by atoms with Crippen LogP contribution in [0.25, 0.3) is 0 Å². The summed E-state index contributed by atoms with van der Waals surface area (Å²) in [4.78, 5) is 10.3. The van der Waals surface area contributed by atoms with Gasteiger partial charge in [-0.3, -0.25) is 4.79 Å². The van der Waals surface area contributed by atoms with Crippen LogP contribution in [0.4, 0.5) is 0 Å². The highest BCUT2D eigenvalue weighted by Crippen LogP contribution is 2.07. The van der Waals surface area contributed by atoms with Crippen molar-refractivity contribution in [3.05, 3.63) is 36.5 Å². The zero-order chi connectivity index (χ0) is 7.98. The third-order valence-corrected chi connectivity index (χ3v) is 1.34. The molecule has 0 heterocycles. The first kappa shape index (κ1) is 8.89. The first-order valence-corrected chi connectivity index (χ1v) is 3.23. The zero-order valence-corrected chi connectivity index (χ0v) is 6.26. The van der Waals surface area contributed by atoms with E-state index in [9.17, 15) is 4.79 Å². The normalized spacial score (nSPS) is 11.7. The first-order chi connectivity index (χ1) is 4.79. The van der Waals surface area contributed by atoms with Gasteiger partial charge in [0.2, 0.25) is 0 Å². The molecule has 10 heavy (non-hydrogen) atoms. The lowest BCUT2D eigenvalue weighted by molar-refractivity contribution is -0.104. The molecule has 0 bridgehead atoms. The van der Waals surface area contributed by atoms with E-state index in [1.807, 2.05) is 6.92 Å². The second kappa shape index (κ2) is 4.74. The Bertz CT molecular complexity index is 165. The van der Waals surface area contributed by atoms with Crippen molar-refractivity contribution in [2.75, 3.05) is 0 Å². The molecule has 0 saturated heterocycles. The maximum absolute atomic E-state index is 10.3. The molecule has 54 valence electrons. The van der Waals surface area contributed by atoms with E-state index in [-0.39, 0.29) is 0 Å². The molecule has 0 aromatic rings. The second-order valence-electron chi connectivity index (χ2n) is 1.86. The van der Waals surface area contributed by atoms with Crippen LogP contribution in [0.1, 0.15) is 13.3 Å². The highest BCUT2D eigenvalue weighted by Gasteiger charge is 1.94. The summed E-state index contributed by atoms with van der Waals surface area (Å²) in [6, 6.07) is 0. The maximum atomic E-state index is 10.3. The van der Waals surface area contributed by atoms with Crippen LogP contribution < -0.4 is 0 Å². The Morgan fingerprint density at radius 2 is 2.00 bits per heavy atom. The minimum atomic E-state index is 0.637. The SMILES string of the molecule is C=C/C(C=O)=C(\C=C)CC. The molecule has 0 radical (unpaired) electrons. The number of allylic oxidation sites excluding steroid dienone is 4. The van der Waals surface area contributed by atoms with Crippen LogP contribution in [0.3, 0.4) is 0 Å². The van der Waals surface area contributed by atoms with E-state index >= 15 is 0 Å². The average Bonchev–Trinajstić information content (AvgIpc) is 2.00. The van der Waals surface area contributed by atoms with Gasteiger partial charge in [-0.15, -0.1) is 0 Å². The van der Waals surface area contributed by atoms with Crippen LogP contribution in [0.2, 0.25) is 0 Å². The Labute approximate surface area is 61.8 Å². The Morgan fingerprint density at radius 3 is 2.10 bits per heavy atom. The van der Waals surface area contributed by atoms with Crippen LogP contribution in [0.15, 0.2) is 36.5 Å². The molecule has 0 aliphatic rings. The van der Waals surface area contributed by atoms with E-state index in [0.29, 0.717) is 5.57 Å². The summed E-state index contributed by atoms with van der Waals surface area (Å²) >= 11 is 0. The van der Waals surface area contributed by atoms with Crippen molar-refractivity contribution >= 4 is 6.29 Å². The highest BCUT2D eigenvalue weighted by atomic mass is 16.1. The third-order valence-electron chi connectivity index (χ3n) is 1.34. The largest absolute Gasteiger partial charge is 0.298 e. The van der Waals surface area contributed by atoms with Gasteiger partial charge in [0, 0.05) is 5.57 Å². The zero-order valence-electron chi connectivity index (χ0n) is 6.26. The van der Waals surface area contributed by atoms with Crippen LogP contribution in [-0.4, -0.2) is 6.29 Å². The summed E-state index contributed by atoms with van der Waals surface area (Å²) < 4.78 is 0. The smallest absolute Gasteiger partial charge is 0.150 e.